The number of aromatic nitrogens is 2. The zero-order valence-electron chi connectivity index (χ0n) is 18.9. The molecule has 10 heteroatoms. The number of rotatable bonds is 3. The summed E-state index contributed by atoms with van der Waals surface area (Å²) in [6.07, 6.45) is 2.00. The Kier molecular flexibility index (Phi) is 4.57. The second kappa shape index (κ2) is 7.42. The third-order valence-corrected chi connectivity index (χ3v) is 7.30. The van der Waals surface area contributed by atoms with E-state index in [4.69, 9.17) is 10.5 Å². The van der Waals surface area contributed by atoms with Crippen molar-refractivity contribution in [1.82, 2.24) is 14.9 Å². The van der Waals surface area contributed by atoms with Gasteiger partial charge in [-0.1, -0.05) is 0 Å². The van der Waals surface area contributed by atoms with Crippen molar-refractivity contribution in [2.24, 2.45) is 11.8 Å². The Balaban J connectivity index is 1.45. The lowest BCUT2D eigenvalue weighted by molar-refractivity contribution is 0.199. The first kappa shape index (κ1) is 20.9. The molecule has 176 valence electrons. The summed E-state index contributed by atoms with van der Waals surface area (Å²) in [7, 11) is 2.04. The van der Waals surface area contributed by atoms with Crippen LogP contribution in [0, 0.1) is 24.6 Å². The van der Waals surface area contributed by atoms with E-state index < -0.39 is 11.9 Å². The Morgan fingerprint density at radius 1 is 1.26 bits per heavy atom. The molecule has 1 unspecified atom stereocenters. The van der Waals surface area contributed by atoms with Gasteiger partial charge in [-0.15, -0.1) is 0 Å². The van der Waals surface area contributed by atoms with Gasteiger partial charge in [-0.2, -0.15) is 0 Å². The zero-order chi connectivity index (χ0) is 23.7. The van der Waals surface area contributed by atoms with Crippen LogP contribution in [0.1, 0.15) is 5.56 Å². The quantitative estimate of drug-likeness (QED) is 0.506. The number of halogens is 1. The summed E-state index contributed by atoms with van der Waals surface area (Å²) in [5.41, 5.74) is 8.59. The van der Waals surface area contributed by atoms with Gasteiger partial charge in [0, 0.05) is 48.5 Å². The molecule has 2 aromatic heterocycles. The number of hydrogen-bond donors (Lipinski definition) is 3. The highest BCUT2D eigenvalue weighted by Gasteiger charge is 2.59. The maximum Gasteiger partial charge on any atom is 0.413 e. The van der Waals surface area contributed by atoms with Gasteiger partial charge >= 0.3 is 6.09 Å². The number of anilines is 3. The SMILES string of the molecule is Cc1c(-c2cc3cc(N(C(=O)O)C4[C@H]5CN(C)C[C@@H]45)ncc3c(N)c2F)cnc2c1NCCO2. The Labute approximate surface area is 195 Å². The standard InChI is InChI=1S/C24H25FN6O3/c1-11-14(7-29-23-21(11)27-3-4-34-23)13-5-12-6-18(28-8-15(12)20(26)19(13)25)31(24(32)33)22-16-9-30(2)10-17(16)22/h5-8,16-17,22,27H,3-4,9-10,26H2,1-2H3,(H,32,33)/t16-,17+,22?. The average molecular weight is 465 g/mol. The molecule has 2 aliphatic heterocycles. The van der Waals surface area contributed by atoms with Crippen molar-refractivity contribution in [3.8, 4) is 17.0 Å². The first-order valence-corrected chi connectivity index (χ1v) is 11.3. The number of amides is 1. The van der Waals surface area contributed by atoms with Crippen LogP contribution >= 0.6 is 0 Å². The molecule has 34 heavy (non-hydrogen) atoms. The van der Waals surface area contributed by atoms with Crippen molar-refractivity contribution in [2.75, 3.05) is 49.2 Å². The van der Waals surface area contributed by atoms with Gasteiger partial charge in [0.15, 0.2) is 5.82 Å². The highest BCUT2D eigenvalue weighted by atomic mass is 19.1. The summed E-state index contributed by atoms with van der Waals surface area (Å²) >= 11 is 0. The lowest BCUT2D eigenvalue weighted by atomic mass is 9.97. The van der Waals surface area contributed by atoms with Crippen LogP contribution < -0.4 is 20.7 Å². The van der Waals surface area contributed by atoms with Crippen molar-refractivity contribution in [3.05, 3.63) is 35.9 Å². The van der Waals surface area contributed by atoms with Crippen molar-refractivity contribution in [3.63, 3.8) is 0 Å². The van der Waals surface area contributed by atoms with Gasteiger partial charge in [0.1, 0.15) is 18.1 Å². The van der Waals surface area contributed by atoms with E-state index in [1.807, 2.05) is 14.0 Å². The number of nitrogens with one attached hydrogen (secondary N) is 1. The number of benzene rings is 1. The van der Waals surface area contributed by atoms with E-state index in [1.165, 1.54) is 11.1 Å². The molecule has 4 N–H and O–H groups in total. The predicted octanol–water partition coefficient (Wildman–Crippen LogP) is 3.18. The van der Waals surface area contributed by atoms with Crippen molar-refractivity contribution in [2.45, 2.75) is 13.0 Å². The van der Waals surface area contributed by atoms with Crippen molar-refractivity contribution in [1.29, 1.82) is 0 Å². The summed E-state index contributed by atoms with van der Waals surface area (Å²) in [5.74, 6) is 0.886. The van der Waals surface area contributed by atoms with Gasteiger partial charge in [-0.3, -0.25) is 4.90 Å². The highest BCUT2D eigenvalue weighted by Crippen LogP contribution is 2.50. The van der Waals surface area contributed by atoms with Crippen LogP contribution in [0.5, 0.6) is 5.88 Å². The minimum Gasteiger partial charge on any atom is -0.474 e. The number of ether oxygens (including phenoxy) is 1. The molecule has 4 heterocycles. The molecule has 1 saturated carbocycles. The molecule has 3 aliphatic rings. The number of carboxylic acid groups (broad SMARTS) is 1. The Morgan fingerprint density at radius 2 is 2.03 bits per heavy atom. The third-order valence-electron chi connectivity index (χ3n) is 7.30. The molecule has 9 nitrogen and oxygen atoms in total. The molecule has 1 saturated heterocycles. The molecule has 2 fully saturated rings. The van der Waals surface area contributed by atoms with E-state index >= 15 is 4.39 Å². The maximum absolute atomic E-state index is 15.4. The first-order chi connectivity index (χ1) is 16.3. The highest BCUT2D eigenvalue weighted by molar-refractivity contribution is 6.00. The van der Waals surface area contributed by atoms with Gasteiger partial charge in [-0.05, 0) is 48.9 Å². The Hall–Kier alpha value is -3.66. The number of piperidine rings is 1. The average Bonchev–Trinajstić information content (AvgIpc) is 3.29. The van der Waals surface area contributed by atoms with Gasteiger partial charge in [0.2, 0.25) is 5.88 Å². The van der Waals surface area contributed by atoms with Crippen molar-refractivity contribution < 1.29 is 19.0 Å². The summed E-state index contributed by atoms with van der Waals surface area (Å²) in [4.78, 5) is 24.5. The van der Waals surface area contributed by atoms with Crippen LogP contribution in [-0.4, -0.2) is 65.4 Å². The number of carbonyl (C=O) groups is 1. The summed E-state index contributed by atoms with van der Waals surface area (Å²) < 4.78 is 21.0. The molecule has 6 rings (SSSR count). The molecular formula is C24H25FN6O3. The molecule has 0 radical (unpaired) electrons. The monoisotopic (exact) mass is 464 g/mol. The summed E-state index contributed by atoms with van der Waals surface area (Å²) in [6, 6.07) is 3.28. The largest absolute Gasteiger partial charge is 0.474 e. The van der Waals surface area contributed by atoms with Crippen LogP contribution in [0.25, 0.3) is 21.9 Å². The van der Waals surface area contributed by atoms with Crippen LogP contribution in [0.15, 0.2) is 24.5 Å². The van der Waals surface area contributed by atoms with Crippen LogP contribution in [-0.2, 0) is 0 Å². The lowest BCUT2D eigenvalue weighted by Crippen LogP contribution is -2.38. The molecule has 0 bridgehead atoms. The molecule has 1 aliphatic carbocycles. The molecular weight excluding hydrogens is 439 g/mol. The van der Waals surface area contributed by atoms with Gasteiger partial charge in [-0.25, -0.2) is 19.2 Å². The maximum atomic E-state index is 15.4. The fourth-order valence-corrected chi connectivity index (χ4v) is 5.57. The summed E-state index contributed by atoms with van der Waals surface area (Å²) in [6.45, 7) is 4.78. The molecule has 1 aromatic carbocycles. The topological polar surface area (TPSA) is 117 Å². The minimum absolute atomic E-state index is 0.0281. The van der Waals surface area contributed by atoms with Crippen LogP contribution in [0.4, 0.5) is 26.4 Å². The molecule has 0 spiro atoms. The number of nitrogens with two attached hydrogens (primary N) is 1. The third kappa shape index (κ3) is 3.05. The fourth-order valence-electron chi connectivity index (χ4n) is 5.57. The number of nitrogens with zero attached hydrogens (tertiary/aromatic N) is 4. The van der Waals surface area contributed by atoms with E-state index in [2.05, 4.69) is 20.2 Å². The Morgan fingerprint density at radius 3 is 2.76 bits per heavy atom. The van der Waals surface area contributed by atoms with Gasteiger partial charge in [0.05, 0.1) is 11.7 Å². The van der Waals surface area contributed by atoms with Crippen LogP contribution in [0.2, 0.25) is 0 Å². The van der Waals surface area contributed by atoms with E-state index in [0.717, 1.165) is 24.3 Å². The number of likely N-dealkylation sites (tertiary alicyclic amines) is 1. The van der Waals surface area contributed by atoms with E-state index in [-0.39, 0.29) is 11.7 Å². The number of pyridine rings is 2. The number of fused-ring (bicyclic) bond motifs is 3. The van der Waals surface area contributed by atoms with E-state index in [1.54, 1.807) is 18.3 Å². The Bertz CT molecular complexity index is 1340. The minimum atomic E-state index is -1.04. The normalized spacial score (nSPS) is 23.1. The summed E-state index contributed by atoms with van der Waals surface area (Å²) in [5, 5.41) is 14.3. The molecule has 3 aromatic rings. The predicted molar refractivity (Wildman–Crippen MR) is 127 cm³/mol. The first-order valence-electron chi connectivity index (χ1n) is 11.3. The zero-order valence-corrected chi connectivity index (χ0v) is 18.9. The number of hydrogen-bond acceptors (Lipinski definition) is 7. The molecule has 1 amide bonds. The van der Waals surface area contributed by atoms with E-state index in [9.17, 15) is 9.90 Å². The van der Waals surface area contributed by atoms with E-state index in [0.29, 0.717) is 58.6 Å². The van der Waals surface area contributed by atoms with Gasteiger partial charge in [0.25, 0.3) is 0 Å². The smallest absolute Gasteiger partial charge is 0.413 e. The van der Waals surface area contributed by atoms with Crippen molar-refractivity contribution >= 4 is 34.1 Å². The van der Waals surface area contributed by atoms with Gasteiger partial charge < -0.3 is 25.8 Å². The van der Waals surface area contributed by atoms with Crippen LogP contribution in [0.3, 0.4) is 0 Å². The second-order valence-electron chi connectivity index (χ2n) is 9.36. The lowest BCUT2D eigenvalue weighted by Gasteiger charge is -2.23. The number of nitrogen functional groups attached to an aromatic ring is 1. The molecule has 3 atom stereocenters. The fraction of sp³-hybridized carbons (Fsp3) is 0.375. The second-order valence-corrected chi connectivity index (χ2v) is 9.36.